The van der Waals surface area contributed by atoms with Crippen LogP contribution in [0.3, 0.4) is 0 Å². The van der Waals surface area contributed by atoms with Crippen molar-refractivity contribution in [1.82, 2.24) is 0 Å². The Labute approximate surface area is 173 Å². The first-order valence-corrected chi connectivity index (χ1v) is 17.9. The average molecular weight is 403 g/mol. The maximum absolute atomic E-state index is 2.60. The Balaban J connectivity index is 1.84. The van der Waals surface area contributed by atoms with E-state index in [0.717, 1.165) is 11.1 Å². The predicted molar refractivity (Wildman–Crippen MR) is 131 cm³/mol. The highest BCUT2D eigenvalue weighted by Gasteiger charge is 2.49. The molecule has 4 unspecified atom stereocenters. The van der Waals surface area contributed by atoms with Crippen molar-refractivity contribution in [3.63, 3.8) is 0 Å². The standard InChI is InChI=1S/C26H34Si2/c1-27(2,3)25(23-17-15-19-11-7-9-13-21(19)23)26(28(4,5)6)24-18-16-20-12-8-10-14-22(20)24/h7-18,23-26H,1-6H3. The first kappa shape index (κ1) is 19.7. The van der Waals surface area contributed by atoms with E-state index < -0.39 is 16.1 Å². The van der Waals surface area contributed by atoms with E-state index in [1.807, 2.05) is 0 Å². The van der Waals surface area contributed by atoms with Crippen molar-refractivity contribution < 1.29 is 0 Å². The fourth-order valence-electron chi connectivity index (χ4n) is 5.78. The second-order valence-electron chi connectivity index (χ2n) is 10.8. The van der Waals surface area contributed by atoms with Gasteiger partial charge in [0.25, 0.3) is 0 Å². The highest BCUT2D eigenvalue weighted by Crippen LogP contribution is 2.59. The second-order valence-corrected chi connectivity index (χ2v) is 21.6. The topological polar surface area (TPSA) is 0 Å². The lowest BCUT2D eigenvalue weighted by Crippen LogP contribution is -2.45. The van der Waals surface area contributed by atoms with Gasteiger partial charge in [-0.15, -0.1) is 0 Å². The van der Waals surface area contributed by atoms with Crippen molar-refractivity contribution in [2.75, 3.05) is 0 Å². The average Bonchev–Trinajstić information content (AvgIpc) is 3.21. The molecule has 0 N–H and O–H groups in total. The Morgan fingerprint density at radius 1 is 0.571 bits per heavy atom. The molecule has 2 heteroatoms. The lowest BCUT2D eigenvalue weighted by atomic mass is 9.88. The van der Waals surface area contributed by atoms with Crippen LogP contribution in [-0.4, -0.2) is 16.1 Å². The third-order valence-electron chi connectivity index (χ3n) is 6.84. The predicted octanol–water partition coefficient (Wildman–Crippen LogP) is 8.02. The Hall–Kier alpha value is -1.65. The fraction of sp³-hybridized carbons (Fsp3) is 0.385. The molecule has 4 atom stereocenters. The zero-order valence-corrected chi connectivity index (χ0v) is 20.2. The number of hydrogen-bond donors (Lipinski definition) is 0. The maximum Gasteiger partial charge on any atom is 0.0483 e. The summed E-state index contributed by atoms with van der Waals surface area (Å²) in [5, 5.41) is 0. The molecular formula is C26H34Si2. The molecule has 2 aromatic carbocycles. The van der Waals surface area contributed by atoms with Gasteiger partial charge < -0.3 is 0 Å². The zero-order valence-electron chi connectivity index (χ0n) is 18.2. The normalized spacial score (nSPS) is 22.8. The second kappa shape index (κ2) is 7.00. The summed E-state index contributed by atoms with van der Waals surface area (Å²) in [6, 6.07) is 18.2. The number of rotatable bonds is 5. The molecule has 0 radical (unpaired) electrons. The van der Waals surface area contributed by atoms with Crippen molar-refractivity contribution in [3.05, 3.63) is 82.9 Å². The van der Waals surface area contributed by atoms with Gasteiger partial charge in [-0.05, 0) is 33.3 Å². The Morgan fingerprint density at radius 2 is 0.929 bits per heavy atom. The third kappa shape index (κ3) is 3.42. The van der Waals surface area contributed by atoms with Gasteiger partial charge in [-0.3, -0.25) is 0 Å². The lowest BCUT2D eigenvalue weighted by molar-refractivity contribution is 0.602. The van der Waals surface area contributed by atoms with Crippen LogP contribution in [0.15, 0.2) is 60.7 Å². The van der Waals surface area contributed by atoms with E-state index in [0.29, 0.717) is 11.8 Å². The molecule has 0 bridgehead atoms. The van der Waals surface area contributed by atoms with Gasteiger partial charge in [0.2, 0.25) is 0 Å². The quantitative estimate of drug-likeness (QED) is 0.444. The summed E-state index contributed by atoms with van der Waals surface area (Å²) < 4.78 is 0. The highest BCUT2D eigenvalue weighted by molar-refractivity contribution is 6.83. The van der Waals surface area contributed by atoms with Gasteiger partial charge >= 0.3 is 0 Å². The number of fused-ring (bicyclic) bond motifs is 2. The van der Waals surface area contributed by atoms with Crippen molar-refractivity contribution >= 4 is 28.3 Å². The highest BCUT2D eigenvalue weighted by atomic mass is 28.3. The molecule has 4 rings (SSSR count). The van der Waals surface area contributed by atoms with Crippen LogP contribution in [0.1, 0.15) is 34.1 Å². The largest absolute Gasteiger partial charge is 0.0764 e. The van der Waals surface area contributed by atoms with E-state index in [9.17, 15) is 0 Å². The maximum atomic E-state index is 2.60. The number of allylic oxidation sites excluding steroid dienone is 2. The van der Waals surface area contributed by atoms with Crippen molar-refractivity contribution in [2.24, 2.45) is 0 Å². The summed E-state index contributed by atoms with van der Waals surface area (Å²) in [6.45, 7) is 15.6. The molecule has 0 nitrogen and oxygen atoms in total. The van der Waals surface area contributed by atoms with Crippen LogP contribution >= 0.6 is 0 Å². The van der Waals surface area contributed by atoms with Gasteiger partial charge in [-0.2, -0.15) is 0 Å². The van der Waals surface area contributed by atoms with Crippen LogP contribution in [0.2, 0.25) is 50.4 Å². The Bertz CT molecular complexity index is 846. The van der Waals surface area contributed by atoms with Crippen LogP contribution in [0.4, 0.5) is 0 Å². The Kier molecular flexibility index (Phi) is 4.91. The monoisotopic (exact) mass is 402 g/mol. The molecule has 0 fully saturated rings. The molecule has 2 aliphatic carbocycles. The fourth-order valence-corrected chi connectivity index (χ4v) is 14.1. The van der Waals surface area contributed by atoms with Crippen LogP contribution in [0, 0.1) is 0 Å². The summed E-state index contributed by atoms with van der Waals surface area (Å²) in [5.41, 5.74) is 7.50. The molecule has 0 saturated carbocycles. The summed E-state index contributed by atoms with van der Waals surface area (Å²) >= 11 is 0. The van der Waals surface area contributed by atoms with Crippen molar-refractivity contribution in [2.45, 2.75) is 62.2 Å². The van der Waals surface area contributed by atoms with Crippen molar-refractivity contribution in [3.8, 4) is 0 Å². The summed E-state index contributed by atoms with van der Waals surface area (Å²) in [7, 11) is -2.86. The van der Waals surface area contributed by atoms with Crippen LogP contribution in [0.5, 0.6) is 0 Å². The van der Waals surface area contributed by atoms with E-state index in [4.69, 9.17) is 0 Å². The van der Waals surface area contributed by atoms with E-state index >= 15 is 0 Å². The van der Waals surface area contributed by atoms with E-state index in [2.05, 4.69) is 112 Å². The minimum absolute atomic E-state index is 0.570. The third-order valence-corrected chi connectivity index (χ3v) is 12.6. The molecule has 0 aliphatic heterocycles. The van der Waals surface area contributed by atoms with Gasteiger partial charge in [0.15, 0.2) is 0 Å². The van der Waals surface area contributed by atoms with E-state index in [1.165, 1.54) is 11.1 Å². The van der Waals surface area contributed by atoms with Gasteiger partial charge in [0.05, 0.1) is 0 Å². The summed E-state index contributed by atoms with van der Waals surface area (Å²) in [5.74, 6) is 1.14. The molecule has 0 aromatic heterocycles. The van der Waals surface area contributed by atoms with Gasteiger partial charge in [0, 0.05) is 28.0 Å². The smallest absolute Gasteiger partial charge is 0.0483 e. The minimum atomic E-state index is -1.43. The van der Waals surface area contributed by atoms with Gasteiger partial charge in [0.1, 0.15) is 0 Å². The van der Waals surface area contributed by atoms with E-state index in [-0.39, 0.29) is 0 Å². The molecule has 28 heavy (non-hydrogen) atoms. The SMILES string of the molecule is C[Si](C)(C)C(C1C=Cc2ccccc21)C(C1C=Cc2ccccc21)[Si](C)(C)C. The summed E-state index contributed by atoms with van der Waals surface area (Å²) in [4.78, 5) is 0. The zero-order chi connectivity index (χ0) is 20.1. The molecule has 146 valence electrons. The number of benzene rings is 2. The van der Waals surface area contributed by atoms with Crippen LogP contribution < -0.4 is 0 Å². The van der Waals surface area contributed by atoms with Crippen molar-refractivity contribution in [1.29, 1.82) is 0 Å². The molecule has 2 aromatic rings. The van der Waals surface area contributed by atoms with Crippen LogP contribution in [-0.2, 0) is 0 Å². The van der Waals surface area contributed by atoms with E-state index in [1.54, 1.807) is 11.1 Å². The molecular weight excluding hydrogens is 368 g/mol. The molecule has 2 aliphatic rings. The van der Waals surface area contributed by atoms with Crippen LogP contribution in [0.25, 0.3) is 12.2 Å². The van der Waals surface area contributed by atoms with Gasteiger partial charge in [-0.1, -0.05) is 112 Å². The lowest BCUT2D eigenvalue weighted by Gasteiger charge is -2.48. The molecule has 0 spiro atoms. The first-order valence-electron chi connectivity index (χ1n) is 10.7. The minimum Gasteiger partial charge on any atom is -0.0764 e. The molecule has 0 heterocycles. The Morgan fingerprint density at radius 3 is 1.29 bits per heavy atom. The summed E-state index contributed by atoms with van der Waals surface area (Å²) in [6.07, 6.45) is 9.83. The van der Waals surface area contributed by atoms with Gasteiger partial charge in [-0.25, -0.2) is 0 Å². The first-order chi connectivity index (χ1) is 13.2. The molecule has 0 amide bonds. The molecule has 0 saturated heterocycles. The number of hydrogen-bond acceptors (Lipinski definition) is 0.